The van der Waals surface area contributed by atoms with E-state index in [0.717, 1.165) is 11.1 Å². The van der Waals surface area contributed by atoms with Gasteiger partial charge >= 0.3 is 5.97 Å². The van der Waals surface area contributed by atoms with Crippen molar-refractivity contribution in [2.75, 3.05) is 13.7 Å². The molecule has 0 heterocycles. The Balaban J connectivity index is 2.62. The SMILES string of the molecule is CC#CCNCc1ccccc1CC(=O)OC. The summed E-state index contributed by atoms with van der Waals surface area (Å²) < 4.78 is 4.67. The van der Waals surface area contributed by atoms with E-state index in [0.29, 0.717) is 19.5 Å². The third-order valence-electron chi connectivity index (χ3n) is 2.39. The number of hydrogen-bond acceptors (Lipinski definition) is 3. The van der Waals surface area contributed by atoms with Crippen molar-refractivity contribution in [3.8, 4) is 11.8 Å². The first-order valence-electron chi connectivity index (χ1n) is 5.52. The van der Waals surface area contributed by atoms with Gasteiger partial charge in [-0.2, -0.15) is 0 Å². The van der Waals surface area contributed by atoms with Gasteiger partial charge in [0.1, 0.15) is 0 Å². The molecule has 1 N–H and O–H groups in total. The van der Waals surface area contributed by atoms with E-state index in [9.17, 15) is 4.79 Å². The molecule has 0 atom stereocenters. The van der Waals surface area contributed by atoms with Crippen molar-refractivity contribution in [2.45, 2.75) is 19.9 Å². The van der Waals surface area contributed by atoms with Crippen molar-refractivity contribution in [1.82, 2.24) is 5.32 Å². The third-order valence-corrected chi connectivity index (χ3v) is 2.39. The smallest absolute Gasteiger partial charge is 0.309 e. The zero-order valence-electron chi connectivity index (χ0n) is 10.2. The van der Waals surface area contributed by atoms with E-state index in [-0.39, 0.29) is 5.97 Å². The number of carbonyl (C=O) groups excluding carboxylic acids is 1. The quantitative estimate of drug-likeness (QED) is 0.474. The van der Waals surface area contributed by atoms with E-state index in [1.165, 1.54) is 7.11 Å². The molecule has 3 nitrogen and oxygen atoms in total. The molecule has 0 radical (unpaired) electrons. The second-order valence-corrected chi connectivity index (χ2v) is 3.55. The monoisotopic (exact) mass is 231 g/mol. The first-order chi connectivity index (χ1) is 8.27. The van der Waals surface area contributed by atoms with Crippen LogP contribution in [0.4, 0.5) is 0 Å². The Hall–Kier alpha value is -1.79. The highest BCUT2D eigenvalue weighted by Crippen LogP contribution is 2.09. The lowest BCUT2D eigenvalue weighted by molar-refractivity contribution is -0.139. The van der Waals surface area contributed by atoms with E-state index >= 15 is 0 Å². The predicted octanol–water partition coefficient (Wildman–Crippen LogP) is 1.52. The topological polar surface area (TPSA) is 38.3 Å². The van der Waals surface area contributed by atoms with Crippen molar-refractivity contribution in [3.05, 3.63) is 35.4 Å². The van der Waals surface area contributed by atoms with Gasteiger partial charge in [0.15, 0.2) is 0 Å². The maximum atomic E-state index is 11.2. The van der Waals surface area contributed by atoms with Crippen LogP contribution in [0.3, 0.4) is 0 Å². The van der Waals surface area contributed by atoms with Gasteiger partial charge in [0.25, 0.3) is 0 Å². The van der Waals surface area contributed by atoms with Gasteiger partial charge in [0.05, 0.1) is 20.1 Å². The molecule has 0 saturated carbocycles. The number of rotatable bonds is 5. The molecular formula is C14H17NO2. The predicted molar refractivity (Wildman–Crippen MR) is 67.3 cm³/mol. The van der Waals surface area contributed by atoms with Crippen LogP contribution in [0, 0.1) is 11.8 Å². The van der Waals surface area contributed by atoms with Crippen LogP contribution < -0.4 is 5.32 Å². The Labute approximate surface area is 102 Å². The number of carbonyl (C=O) groups is 1. The van der Waals surface area contributed by atoms with E-state index in [4.69, 9.17) is 0 Å². The summed E-state index contributed by atoms with van der Waals surface area (Å²) in [4.78, 5) is 11.2. The lowest BCUT2D eigenvalue weighted by atomic mass is 10.0. The van der Waals surface area contributed by atoms with Crippen molar-refractivity contribution in [1.29, 1.82) is 0 Å². The standard InChI is InChI=1S/C14H17NO2/c1-3-4-9-15-11-13-8-6-5-7-12(13)10-14(16)17-2/h5-8,15H,9-11H2,1-2H3. The van der Waals surface area contributed by atoms with Crippen molar-refractivity contribution >= 4 is 5.97 Å². The molecule has 0 aliphatic heterocycles. The lowest BCUT2D eigenvalue weighted by Gasteiger charge is -2.08. The Morgan fingerprint density at radius 3 is 2.71 bits per heavy atom. The Kier molecular flexibility index (Phi) is 5.84. The minimum absolute atomic E-state index is 0.217. The molecule has 0 aliphatic carbocycles. The van der Waals surface area contributed by atoms with Gasteiger partial charge in [-0.15, -0.1) is 5.92 Å². The Morgan fingerprint density at radius 1 is 1.35 bits per heavy atom. The fourth-order valence-corrected chi connectivity index (χ4v) is 1.48. The maximum absolute atomic E-state index is 11.2. The van der Waals surface area contributed by atoms with Crippen LogP contribution in [0.25, 0.3) is 0 Å². The molecule has 1 aromatic carbocycles. The van der Waals surface area contributed by atoms with Crippen LogP contribution in [0.1, 0.15) is 18.1 Å². The van der Waals surface area contributed by atoms with Crippen molar-refractivity contribution in [2.24, 2.45) is 0 Å². The van der Waals surface area contributed by atoms with Gasteiger partial charge in [-0.1, -0.05) is 30.2 Å². The fraction of sp³-hybridized carbons (Fsp3) is 0.357. The van der Waals surface area contributed by atoms with Crippen LogP contribution in [0.2, 0.25) is 0 Å². The number of hydrogen-bond donors (Lipinski definition) is 1. The highest BCUT2D eigenvalue weighted by atomic mass is 16.5. The van der Waals surface area contributed by atoms with Gasteiger partial charge in [-0.05, 0) is 18.1 Å². The average molecular weight is 231 g/mol. The molecule has 3 heteroatoms. The molecule has 1 aromatic rings. The maximum Gasteiger partial charge on any atom is 0.309 e. The fourth-order valence-electron chi connectivity index (χ4n) is 1.48. The number of methoxy groups -OCH3 is 1. The molecule has 0 fully saturated rings. The van der Waals surface area contributed by atoms with Crippen LogP contribution in [0.5, 0.6) is 0 Å². The molecule has 0 aromatic heterocycles. The molecule has 0 spiro atoms. The molecule has 17 heavy (non-hydrogen) atoms. The molecular weight excluding hydrogens is 214 g/mol. The number of ether oxygens (including phenoxy) is 1. The summed E-state index contributed by atoms with van der Waals surface area (Å²) in [5.74, 6) is 5.54. The second kappa shape index (κ2) is 7.48. The highest BCUT2D eigenvalue weighted by molar-refractivity contribution is 5.72. The first-order valence-corrected chi connectivity index (χ1v) is 5.52. The van der Waals surface area contributed by atoms with E-state index in [1.54, 1.807) is 0 Å². The van der Waals surface area contributed by atoms with Gasteiger partial charge in [-0.25, -0.2) is 0 Å². The van der Waals surface area contributed by atoms with E-state index < -0.39 is 0 Å². The summed E-state index contributed by atoms with van der Waals surface area (Å²) in [6.07, 6.45) is 0.313. The summed E-state index contributed by atoms with van der Waals surface area (Å²) in [5, 5.41) is 3.21. The van der Waals surface area contributed by atoms with Crippen molar-refractivity contribution < 1.29 is 9.53 Å². The third kappa shape index (κ3) is 4.71. The van der Waals surface area contributed by atoms with Gasteiger partial charge in [-0.3, -0.25) is 4.79 Å². The zero-order valence-corrected chi connectivity index (χ0v) is 10.2. The van der Waals surface area contributed by atoms with E-state index in [2.05, 4.69) is 21.9 Å². The van der Waals surface area contributed by atoms with Crippen LogP contribution in [0.15, 0.2) is 24.3 Å². The average Bonchev–Trinajstić information content (AvgIpc) is 2.36. The molecule has 0 aliphatic rings. The number of benzene rings is 1. The molecule has 0 saturated heterocycles. The highest BCUT2D eigenvalue weighted by Gasteiger charge is 2.06. The summed E-state index contributed by atoms with van der Waals surface area (Å²) in [5.41, 5.74) is 2.10. The van der Waals surface area contributed by atoms with Gasteiger partial charge in [0, 0.05) is 6.54 Å². The van der Waals surface area contributed by atoms with Crippen LogP contribution in [-0.2, 0) is 22.5 Å². The summed E-state index contributed by atoms with van der Waals surface area (Å²) in [6.45, 7) is 3.18. The summed E-state index contributed by atoms with van der Waals surface area (Å²) in [7, 11) is 1.40. The van der Waals surface area contributed by atoms with Crippen molar-refractivity contribution in [3.63, 3.8) is 0 Å². The van der Waals surface area contributed by atoms with E-state index in [1.807, 2.05) is 31.2 Å². The lowest BCUT2D eigenvalue weighted by Crippen LogP contribution is -2.16. The number of nitrogens with one attached hydrogen (secondary N) is 1. The molecule has 0 bridgehead atoms. The minimum Gasteiger partial charge on any atom is -0.469 e. The minimum atomic E-state index is -0.217. The molecule has 0 unspecified atom stereocenters. The number of esters is 1. The molecule has 0 amide bonds. The van der Waals surface area contributed by atoms with Gasteiger partial charge in [0.2, 0.25) is 0 Å². The van der Waals surface area contributed by atoms with Gasteiger partial charge < -0.3 is 10.1 Å². The summed E-state index contributed by atoms with van der Waals surface area (Å²) >= 11 is 0. The Bertz CT molecular complexity index is 429. The largest absolute Gasteiger partial charge is 0.469 e. The summed E-state index contributed by atoms with van der Waals surface area (Å²) in [6, 6.07) is 7.83. The molecule has 1 rings (SSSR count). The zero-order chi connectivity index (χ0) is 12.5. The van der Waals surface area contributed by atoms with Crippen LogP contribution in [-0.4, -0.2) is 19.6 Å². The first kappa shape index (κ1) is 13.3. The molecule has 90 valence electrons. The Morgan fingerprint density at radius 2 is 2.06 bits per heavy atom. The van der Waals surface area contributed by atoms with Crippen LogP contribution >= 0.6 is 0 Å². The normalized spacial score (nSPS) is 9.29. The second-order valence-electron chi connectivity index (χ2n) is 3.55.